The molecule has 4 unspecified atom stereocenters. The maximum absolute atomic E-state index is 14.2. The molecule has 3 aliphatic carbocycles. The van der Waals surface area contributed by atoms with Gasteiger partial charge in [-0.2, -0.15) is 0 Å². The Morgan fingerprint density at radius 2 is 1.32 bits per heavy atom. The van der Waals surface area contributed by atoms with Crippen molar-refractivity contribution in [1.29, 1.82) is 0 Å². The number of benzene rings is 1. The summed E-state index contributed by atoms with van der Waals surface area (Å²) < 4.78 is 27.7. The number of rotatable bonds is 2. The molecule has 0 bridgehead atoms. The van der Waals surface area contributed by atoms with Crippen molar-refractivity contribution in [3.05, 3.63) is 35.4 Å². The van der Waals surface area contributed by atoms with Crippen molar-refractivity contribution in [2.45, 2.75) is 77.0 Å². The van der Waals surface area contributed by atoms with Crippen LogP contribution in [0.25, 0.3) is 0 Å². The first kappa shape index (κ1) is 17.5. The fourth-order valence-electron chi connectivity index (χ4n) is 6.23. The average molecular weight is 347 g/mol. The highest BCUT2D eigenvalue weighted by molar-refractivity contribution is 5.23. The van der Waals surface area contributed by atoms with Crippen molar-refractivity contribution in [2.75, 3.05) is 0 Å². The highest BCUT2D eigenvalue weighted by atomic mass is 19.2. The summed E-state index contributed by atoms with van der Waals surface area (Å²) in [7, 11) is 0. The molecule has 4 atom stereocenters. The lowest BCUT2D eigenvalue weighted by atomic mass is 9.60. The quantitative estimate of drug-likeness (QED) is 0.536. The van der Waals surface area contributed by atoms with E-state index in [0.29, 0.717) is 5.56 Å². The third kappa shape index (κ3) is 3.64. The zero-order valence-electron chi connectivity index (χ0n) is 15.5. The molecule has 25 heavy (non-hydrogen) atoms. The molecule has 0 aromatic heterocycles. The van der Waals surface area contributed by atoms with E-state index in [1.807, 2.05) is 0 Å². The highest BCUT2D eigenvalue weighted by Crippen LogP contribution is 2.51. The molecular formula is C23H32F2. The van der Waals surface area contributed by atoms with E-state index in [-0.39, 0.29) is 5.92 Å². The second kappa shape index (κ2) is 7.37. The summed E-state index contributed by atoms with van der Waals surface area (Å²) >= 11 is 0. The molecule has 3 saturated carbocycles. The third-order valence-electron chi connectivity index (χ3n) is 7.80. The number of hydrogen-bond acceptors (Lipinski definition) is 0. The SMILES string of the molecule is CC1CCC(C2CCC3CC(c4cccc(F)c4F)CCC3C2)CC1. The summed E-state index contributed by atoms with van der Waals surface area (Å²) in [6.07, 6.45) is 13.2. The van der Waals surface area contributed by atoms with Crippen LogP contribution in [0.15, 0.2) is 18.2 Å². The summed E-state index contributed by atoms with van der Waals surface area (Å²) in [6, 6.07) is 4.71. The lowest BCUT2D eigenvalue weighted by Crippen LogP contribution is -2.34. The van der Waals surface area contributed by atoms with Gasteiger partial charge in [0, 0.05) is 0 Å². The Morgan fingerprint density at radius 3 is 2.08 bits per heavy atom. The molecule has 0 nitrogen and oxygen atoms in total. The molecule has 2 heteroatoms. The maximum Gasteiger partial charge on any atom is 0.162 e. The van der Waals surface area contributed by atoms with Gasteiger partial charge in [0.15, 0.2) is 11.6 Å². The summed E-state index contributed by atoms with van der Waals surface area (Å²) in [5.74, 6) is 3.36. The molecule has 3 fully saturated rings. The van der Waals surface area contributed by atoms with Gasteiger partial charge in [0.25, 0.3) is 0 Å². The second-order valence-electron chi connectivity index (χ2n) is 9.27. The van der Waals surface area contributed by atoms with Crippen molar-refractivity contribution < 1.29 is 8.78 Å². The first-order valence-corrected chi connectivity index (χ1v) is 10.6. The van der Waals surface area contributed by atoms with Crippen LogP contribution >= 0.6 is 0 Å². The van der Waals surface area contributed by atoms with Crippen LogP contribution < -0.4 is 0 Å². The number of hydrogen-bond donors (Lipinski definition) is 0. The molecule has 0 saturated heterocycles. The van der Waals surface area contributed by atoms with E-state index < -0.39 is 11.6 Å². The topological polar surface area (TPSA) is 0 Å². The fraction of sp³-hybridized carbons (Fsp3) is 0.739. The minimum Gasteiger partial charge on any atom is -0.204 e. The number of fused-ring (bicyclic) bond motifs is 1. The van der Waals surface area contributed by atoms with Crippen LogP contribution in [0.4, 0.5) is 8.78 Å². The van der Waals surface area contributed by atoms with Crippen LogP contribution in [0, 0.1) is 41.2 Å². The molecule has 3 aliphatic rings. The molecule has 1 aromatic carbocycles. The molecule has 0 N–H and O–H groups in total. The van der Waals surface area contributed by atoms with Crippen LogP contribution in [0.2, 0.25) is 0 Å². The lowest BCUT2D eigenvalue weighted by Gasteiger charge is -2.45. The third-order valence-corrected chi connectivity index (χ3v) is 7.80. The van der Waals surface area contributed by atoms with Crippen molar-refractivity contribution >= 4 is 0 Å². The monoisotopic (exact) mass is 346 g/mol. The van der Waals surface area contributed by atoms with E-state index >= 15 is 0 Å². The van der Waals surface area contributed by atoms with Crippen LogP contribution in [-0.2, 0) is 0 Å². The van der Waals surface area contributed by atoms with E-state index in [1.165, 1.54) is 57.4 Å². The first-order valence-electron chi connectivity index (χ1n) is 10.6. The van der Waals surface area contributed by atoms with Gasteiger partial charge in [0.2, 0.25) is 0 Å². The highest BCUT2D eigenvalue weighted by Gasteiger charge is 2.39. The van der Waals surface area contributed by atoms with Gasteiger partial charge in [-0.15, -0.1) is 0 Å². The maximum atomic E-state index is 14.2. The summed E-state index contributed by atoms with van der Waals surface area (Å²) in [4.78, 5) is 0. The van der Waals surface area contributed by atoms with Crippen molar-refractivity contribution in [3.63, 3.8) is 0 Å². The van der Waals surface area contributed by atoms with Crippen molar-refractivity contribution in [3.8, 4) is 0 Å². The van der Waals surface area contributed by atoms with Gasteiger partial charge < -0.3 is 0 Å². The molecule has 1 aromatic rings. The zero-order chi connectivity index (χ0) is 17.4. The van der Waals surface area contributed by atoms with Crippen LogP contribution in [-0.4, -0.2) is 0 Å². The standard InChI is InChI=1S/C23H32F2/c1-15-5-7-16(8-6-15)17-9-10-19-14-20(12-11-18(19)13-17)21-3-2-4-22(24)23(21)25/h2-4,15-20H,5-14H2,1H3. The predicted octanol–water partition coefficient (Wildman–Crippen LogP) is 7.09. The summed E-state index contributed by atoms with van der Waals surface area (Å²) in [5, 5.41) is 0. The Kier molecular flexibility index (Phi) is 5.15. The predicted molar refractivity (Wildman–Crippen MR) is 98.4 cm³/mol. The molecule has 0 aliphatic heterocycles. The van der Waals surface area contributed by atoms with E-state index in [4.69, 9.17) is 0 Å². The Morgan fingerprint density at radius 1 is 0.720 bits per heavy atom. The van der Waals surface area contributed by atoms with Gasteiger partial charge in [0.05, 0.1) is 0 Å². The molecule has 0 heterocycles. The lowest BCUT2D eigenvalue weighted by molar-refractivity contribution is 0.0727. The van der Waals surface area contributed by atoms with Gasteiger partial charge in [-0.3, -0.25) is 0 Å². The molecule has 0 spiro atoms. The van der Waals surface area contributed by atoms with E-state index in [2.05, 4.69) is 6.92 Å². The van der Waals surface area contributed by atoms with Crippen LogP contribution in [0.3, 0.4) is 0 Å². The van der Waals surface area contributed by atoms with E-state index in [0.717, 1.165) is 42.4 Å². The van der Waals surface area contributed by atoms with Gasteiger partial charge >= 0.3 is 0 Å². The zero-order valence-corrected chi connectivity index (χ0v) is 15.5. The average Bonchev–Trinajstić information content (AvgIpc) is 2.64. The Labute approximate surface area is 151 Å². The number of halogens is 2. The van der Waals surface area contributed by atoms with Gasteiger partial charge in [0.1, 0.15) is 0 Å². The van der Waals surface area contributed by atoms with E-state index in [9.17, 15) is 8.78 Å². The van der Waals surface area contributed by atoms with Crippen LogP contribution in [0.1, 0.15) is 82.6 Å². The molecule has 0 radical (unpaired) electrons. The van der Waals surface area contributed by atoms with E-state index in [1.54, 1.807) is 12.1 Å². The van der Waals surface area contributed by atoms with Crippen LogP contribution in [0.5, 0.6) is 0 Å². The largest absolute Gasteiger partial charge is 0.204 e. The second-order valence-corrected chi connectivity index (χ2v) is 9.27. The molecular weight excluding hydrogens is 314 g/mol. The molecule has 4 rings (SSSR count). The smallest absolute Gasteiger partial charge is 0.162 e. The Bertz CT molecular complexity index is 588. The first-order chi connectivity index (χ1) is 12.1. The Balaban J connectivity index is 1.38. The molecule has 0 amide bonds. The minimum absolute atomic E-state index is 0.226. The summed E-state index contributed by atoms with van der Waals surface area (Å²) in [5.41, 5.74) is 0.627. The Hall–Kier alpha value is -0.920. The van der Waals surface area contributed by atoms with Gasteiger partial charge in [-0.05, 0) is 98.5 Å². The van der Waals surface area contributed by atoms with Gasteiger partial charge in [-0.1, -0.05) is 31.9 Å². The van der Waals surface area contributed by atoms with Crippen molar-refractivity contribution in [2.24, 2.45) is 29.6 Å². The van der Waals surface area contributed by atoms with Crippen molar-refractivity contribution in [1.82, 2.24) is 0 Å². The normalized spacial score (nSPS) is 39.0. The fourth-order valence-corrected chi connectivity index (χ4v) is 6.23. The summed E-state index contributed by atoms with van der Waals surface area (Å²) in [6.45, 7) is 2.40. The molecule has 138 valence electrons. The minimum atomic E-state index is -0.685. The van der Waals surface area contributed by atoms with Gasteiger partial charge in [-0.25, -0.2) is 8.78 Å².